The summed E-state index contributed by atoms with van der Waals surface area (Å²) in [6.45, 7) is 0.889. The number of nitrogens with zero attached hydrogens (tertiary/aromatic N) is 2. The molecule has 2 N–H and O–H groups in total. The Labute approximate surface area is 234 Å². The van der Waals surface area contributed by atoms with Gasteiger partial charge in [-0.3, -0.25) is 9.10 Å². The van der Waals surface area contributed by atoms with Crippen LogP contribution in [0.5, 0.6) is 11.5 Å². The number of carbonyl (C=O) groups excluding carboxylic acids is 1. The van der Waals surface area contributed by atoms with Crippen LogP contribution in [-0.4, -0.2) is 66.9 Å². The number of fused-ring (bicyclic) bond motifs is 1. The minimum absolute atomic E-state index is 0.284. The van der Waals surface area contributed by atoms with Crippen LogP contribution in [0.15, 0.2) is 60.7 Å². The summed E-state index contributed by atoms with van der Waals surface area (Å²) in [5, 5.41) is 6.78. The lowest BCUT2D eigenvalue weighted by Crippen LogP contribution is -2.35. The maximum Gasteiger partial charge on any atom is 0.258 e. The number of anilines is 3. The largest absolute Gasteiger partial charge is 0.493 e. The second-order valence-electron chi connectivity index (χ2n) is 9.27. The molecule has 1 heterocycles. The molecule has 0 radical (unpaired) electrons. The number of hydrogen-bond acceptors (Lipinski definition) is 7. The van der Waals surface area contributed by atoms with Gasteiger partial charge in [0.2, 0.25) is 10.0 Å². The first-order valence-electron chi connectivity index (χ1n) is 12.1. The van der Waals surface area contributed by atoms with Crippen LogP contribution in [0.25, 0.3) is 11.3 Å². The number of nitrogens with one attached hydrogen (secondary N) is 2. The van der Waals surface area contributed by atoms with Gasteiger partial charge in [-0.25, -0.2) is 8.42 Å². The third-order valence-electron chi connectivity index (χ3n) is 6.22. The highest BCUT2D eigenvalue weighted by molar-refractivity contribution is 7.92. The Balaban J connectivity index is 1.79. The third kappa shape index (κ3) is 6.30. The molecular formula is C28H31ClN4O5S. The second-order valence-corrected chi connectivity index (χ2v) is 11.6. The lowest BCUT2D eigenvalue weighted by molar-refractivity contribution is -0.110. The molecule has 39 heavy (non-hydrogen) atoms. The van der Waals surface area contributed by atoms with Crippen molar-refractivity contribution < 1.29 is 22.7 Å². The zero-order chi connectivity index (χ0) is 28.3. The van der Waals surface area contributed by atoms with Gasteiger partial charge in [0.1, 0.15) is 0 Å². The van der Waals surface area contributed by atoms with Crippen molar-refractivity contribution in [2.45, 2.75) is 0 Å². The van der Waals surface area contributed by atoms with Gasteiger partial charge in [0, 0.05) is 34.9 Å². The number of halogens is 1. The number of amides is 1. The smallest absolute Gasteiger partial charge is 0.258 e. The predicted molar refractivity (Wildman–Crippen MR) is 157 cm³/mol. The number of likely N-dealkylation sites (N-methyl/N-ethyl adjacent to an activating group) is 1. The van der Waals surface area contributed by atoms with E-state index in [4.69, 9.17) is 21.1 Å². The molecule has 1 aliphatic heterocycles. The van der Waals surface area contributed by atoms with Crippen LogP contribution >= 0.6 is 11.6 Å². The van der Waals surface area contributed by atoms with Crippen LogP contribution in [0.3, 0.4) is 0 Å². The van der Waals surface area contributed by atoms with Crippen molar-refractivity contribution >= 4 is 55.9 Å². The van der Waals surface area contributed by atoms with Crippen LogP contribution in [0.1, 0.15) is 11.1 Å². The quantitative estimate of drug-likeness (QED) is 0.343. The van der Waals surface area contributed by atoms with Crippen LogP contribution in [0, 0.1) is 0 Å². The van der Waals surface area contributed by atoms with Crippen molar-refractivity contribution in [2.75, 3.05) is 62.6 Å². The van der Waals surface area contributed by atoms with Gasteiger partial charge in [-0.05, 0) is 68.7 Å². The number of hydrogen-bond donors (Lipinski definition) is 2. The molecule has 3 aromatic rings. The predicted octanol–water partition coefficient (Wildman–Crippen LogP) is 4.62. The lowest BCUT2D eigenvalue weighted by Gasteiger charge is -2.24. The molecule has 0 unspecified atom stereocenters. The summed E-state index contributed by atoms with van der Waals surface area (Å²) in [7, 11) is 3.41. The Morgan fingerprint density at radius 3 is 2.26 bits per heavy atom. The first kappa shape index (κ1) is 28.3. The molecule has 0 aromatic heterocycles. The van der Waals surface area contributed by atoms with Gasteiger partial charge in [0.15, 0.2) is 11.5 Å². The van der Waals surface area contributed by atoms with E-state index in [2.05, 4.69) is 10.6 Å². The average Bonchev–Trinajstić information content (AvgIpc) is 3.21. The molecule has 0 saturated heterocycles. The molecule has 0 spiro atoms. The summed E-state index contributed by atoms with van der Waals surface area (Å²) in [6.07, 6.45) is 1.19. The van der Waals surface area contributed by atoms with E-state index in [1.165, 1.54) is 10.6 Å². The van der Waals surface area contributed by atoms with Gasteiger partial charge >= 0.3 is 0 Å². The number of benzene rings is 3. The van der Waals surface area contributed by atoms with Gasteiger partial charge in [-0.1, -0.05) is 17.7 Å². The van der Waals surface area contributed by atoms with E-state index < -0.39 is 10.0 Å². The van der Waals surface area contributed by atoms with Gasteiger partial charge in [0.05, 0.1) is 43.1 Å². The molecule has 1 amide bonds. The number of ether oxygens (including phenoxy) is 2. The van der Waals surface area contributed by atoms with E-state index in [1.807, 2.05) is 25.1 Å². The van der Waals surface area contributed by atoms with E-state index in [0.717, 1.165) is 0 Å². The normalized spacial score (nSPS) is 14.1. The monoisotopic (exact) mass is 570 g/mol. The summed E-state index contributed by atoms with van der Waals surface area (Å²) in [5.41, 5.74) is 4.17. The number of carbonyl (C=O) groups is 1. The molecule has 4 rings (SSSR count). The second kappa shape index (κ2) is 11.6. The lowest BCUT2D eigenvalue weighted by atomic mass is 9.99. The average molecular weight is 571 g/mol. The summed E-state index contributed by atoms with van der Waals surface area (Å²) in [5.74, 6) is 0.773. The summed E-state index contributed by atoms with van der Waals surface area (Å²) in [6, 6.07) is 17.6. The van der Waals surface area contributed by atoms with Crippen molar-refractivity contribution in [1.29, 1.82) is 0 Å². The Morgan fingerprint density at radius 2 is 1.64 bits per heavy atom. The highest BCUT2D eigenvalue weighted by atomic mass is 35.5. The van der Waals surface area contributed by atoms with Gasteiger partial charge in [-0.15, -0.1) is 0 Å². The van der Waals surface area contributed by atoms with Crippen molar-refractivity contribution in [1.82, 2.24) is 4.90 Å². The maximum absolute atomic E-state index is 13.2. The standard InChI is InChI=1S/C28H31ClN4O5S/c1-32(2)14-15-33(39(5,35)36)21-10-8-20(9-11-21)30-27(18-6-13-24(37-3)25(16-18)38-4)26-22-12-7-19(29)17-23(22)31-28(26)34/h6-13,16-17,30H,14-15H2,1-5H3,(H,31,34). The Kier molecular flexibility index (Phi) is 8.39. The molecule has 3 aromatic carbocycles. The first-order valence-corrected chi connectivity index (χ1v) is 14.3. The highest BCUT2D eigenvalue weighted by Gasteiger charge is 2.29. The molecule has 0 fully saturated rings. The Bertz CT molecular complexity index is 1520. The minimum Gasteiger partial charge on any atom is -0.493 e. The van der Waals surface area contributed by atoms with Crippen LogP contribution < -0.4 is 24.4 Å². The molecule has 0 saturated carbocycles. The van der Waals surface area contributed by atoms with Crippen molar-refractivity contribution in [3.05, 3.63) is 76.8 Å². The topological polar surface area (TPSA) is 100 Å². The molecule has 0 atom stereocenters. The van der Waals surface area contributed by atoms with Crippen LogP contribution in [0.2, 0.25) is 5.02 Å². The molecule has 1 aliphatic rings. The first-order chi connectivity index (χ1) is 18.5. The van der Waals surface area contributed by atoms with Crippen molar-refractivity contribution in [2.24, 2.45) is 0 Å². The maximum atomic E-state index is 13.2. The van der Waals surface area contributed by atoms with Crippen molar-refractivity contribution in [3.63, 3.8) is 0 Å². The van der Waals surface area contributed by atoms with E-state index in [0.29, 0.717) is 69.1 Å². The third-order valence-corrected chi connectivity index (χ3v) is 7.65. The molecule has 0 aliphatic carbocycles. The zero-order valence-electron chi connectivity index (χ0n) is 22.4. The molecule has 9 nitrogen and oxygen atoms in total. The van der Waals surface area contributed by atoms with Crippen molar-refractivity contribution in [3.8, 4) is 11.5 Å². The number of sulfonamides is 1. The summed E-state index contributed by atoms with van der Waals surface area (Å²) < 4.78 is 37.2. The summed E-state index contributed by atoms with van der Waals surface area (Å²) >= 11 is 6.17. The number of methoxy groups -OCH3 is 2. The molecule has 0 bridgehead atoms. The fourth-order valence-corrected chi connectivity index (χ4v) is 5.39. The van der Waals surface area contributed by atoms with E-state index in [-0.39, 0.29) is 5.91 Å². The number of rotatable bonds is 10. The minimum atomic E-state index is -3.48. The van der Waals surface area contributed by atoms with Gasteiger partial charge in [0.25, 0.3) is 5.91 Å². The fraction of sp³-hybridized carbons (Fsp3) is 0.250. The van der Waals surface area contributed by atoms with Crippen LogP contribution in [-0.2, 0) is 14.8 Å². The van der Waals surface area contributed by atoms with E-state index >= 15 is 0 Å². The van der Waals surface area contributed by atoms with E-state index in [9.17, 15) is 13.2 Å². The fourth-order valence-electron chi connectivity index (χ4n) is 4.30. The van der Waals surface area contributed by atoms with Gasteiger partial charge in [-0.2, -0.15) is 0 Å². The van der Waals surface area contributed by atoms with Gasteiger partial charge < -0.3 is 25.0 Å². The summed E-state index contributed by atoms with van der Waals surface area (Å²) in [4.78, 5) is 15.1. The molecular weight excluding hydrogens is 540 g/mol. The Morgan fingerprint density at radius 1 is 0.949 bits per heavy atom. The Hall–Kier alpha value is -3.73. The van der Waals surface area contributed by atoms with Crippen LogP contribution in [0.4, 0.5) is 17.1 Å². The van der Waals surface area contributed by atoms with E-state index in [1.54, 1.807) is 68.8 Å². The zero-order valence-corrected chi connectivity index (χ0v) is 24.0. The highest BCUT2D eigenvalue weighted by Crippen LogP contribution is 2.40. The SMILES string of the molecule is COc1ccc(C(Nc2ccc(N(CCN(C)C)S(C)(=O)=O)cc2)=C2C(=O)Nc3cc(Cl)ccc32)cc1OC. The molecule has 11 heteroatoms. The molecule has 206 valence electrons.